The van der Waals surface area contributed by atoms with Crippen molar-refractivity contribution in [1.29, 1.82) is 0 Å². The van der Waals surface area contributed by atoms with E-state index in [2.05, 4.69) is 65.9 Å². The van der Waals surface area contributed by atoms with E-state index in [0.717, 1.165) is 11.0 Å². The van der Waals surface area contributed by atoms with Crippen molar-refractivity contribution < 1.29 is 0 Å². The molecule has 3 nitrogen and oxygen atoms in total. The maximum Gasteiger partial charge on any atom is 0.195 e. The molecule has 4 heteroatoms. The highest BCUT2D eigenvalue weighted by Crippen LogP contribution is 2.39. The molecule has 2 heterocycles. The summed E-state index contributed by atoms with van der Waals surface area (Å²) in [4.78, 5) is 0. The van der Waals surface area contributed by atoms with Crippen molar-refractivity contribution in [1.82, 2.24) is 14.8 Å². The Morgan fingerprint density at radius 2 is 1.89 bits per heavy atom. The summed E-state index contributed by atoms with van der Waals surface area (Å²) in [5, 5.41) is 9.70. The average Bonchev–Trinajstić information content (AvgIpc) is 2.80. The monoisotopic (exact) mass is 271 g/mol. The summed E-state index contributed by atoms with van der Waals surface area (Å²) in [6, 6.07) is 8.52. The van der Waals surface area contributed by atoms with Gasteiger partial charge in [-0.25, -0.2) is 0 Å². The lowest BCUT2D eigenvalue weighted by Crippen LogP contribution is -2.23. The minimum atomic E-state index is -0.147. The number of hydrogen-bond acceptors (Lipinski definition) is 3. The van der Waals surface area contributed by atoms with E-state index in [1.807, 2.05) is 6.26 Å². The number of benzene rings is 1. The van der Waals surface area contributed by atoms with Crippen LogP contribution in [0.15, 0.2) is 29.4 Å². The van der Waals surface area contributed by atoms with Crippen LogP contribution in [0.4, 0.5) is 0 Å². The molecule has 0 N–H and O–H groups in total. The number of nitrogens with zero attached hydrogens (tertiary/aromatic N) is 3. The van der Waals surface area contributed by atoms with E-state index in [1.54, 1.807) is 11.8 Å². The van der Waals surface area contributed by atoms with E-state index in [9.17, 15) is 0 Å². The van der Waals surface area contributed by atoms with Gasteiger partial charge in [-0.1, -0.05) is 36.0 Å². The van der Waals surface area contributed by atoms with Gasteiger partial charge in [0.15, 0.2) is 5.16 Å². The fourth-order valence-corrected chi connectivity index (χ4v) is 3.26. The molecule has 0 saturated carbocycles. The fraction of sp³-hybridized carbons (Fsp3) is 0.333. The van der Waals surface area contributed by atoms with E-state index in [4.69, 9.17) is 0 Å². The van der Waals surface area contributed by atoms with Crippen molar-refractivity contribution >= 4 is 23.5 Å². The number of rotatable bonds is 1. The molecule has 0 atom stereocenters. The molecule has 0 spiro atoms. The second-order valence-electron chi connectivity index (χ2n) is 5.34. The van der Waals surface area contributed by atoms with Crippen molar-refractivity contribution in [2.75, 3.05) is 6.26 Å². The van der Waals surface area contributed by atoms with Crippen LogP contribution in [-0.4, -0.2) is 21.0 Å². The highest BCUT2D eigenvalue weighted by molar-refractivity contribution is 7.98. The highest BCUT2D eigenvalue weighted by Gasteiger charge is 2.34. The minimum Gasteiger partial charge on any atom is -0.277 e. The summed E-state index contributed by atoms with van der Waals surface area (Å²) >= 11 is 1.63. The van der Waals surface area contributed by atoms with Crippen molar-refractivity contribution in [2.24, 2.45) is 0 Å². The second kappa shape index (κ2) is 4.23. The average molecular weight is 271 g/mol. The molecular formula is C15H17N3S. The van der Waals surface area contributed by atoms with E-state index >= 15 is 0 Å². The SMILES string of the molecule is CSc1nnc2n1C(C)=Cc1ccccc1C2(C)C. The molecule has 0 radical (unpaired) electrons. The molecular weight excluding hydrogens is 254 g/mol. The van der Waals surface area contributed by atoms with E-state index in [-0.39, 0.29) is 5.41 Å². The maximum atomic E-state index is 4.44. The van der Waals surface area contributed by atoms with Gasteiger partial charge in [-0.05, 0) is 44.2 Å². The molecule has 3 rings (SSSR count). The molecule has 0 saturated heterocycles. The van der Waals surface area contributed by atoms with E-state index < -0.39 is 0 Å². The first-order chi connectivity index (χ1) is 9.05. The van der Waals surface area contributed by atoms with Gasteiger partial charge < -0.3 is 0 Å². The summed E-state index contributed by atoms with van der Waals surface area (Å²) < 4.78 is 2.17. The van der Waals surface area contributed by atoms with Gasteiger partial charge in [0.05, 0.1) is 5.41 Å². The van der Waals surface area contributed by atoms with Gasteiger partial charge in [-0.15, -0.1) is 10.2 Å². The first kappa shape index (κ1) is 12.5. The Kier molecular flexibility index (Phi) is 2.78. The maximum absolute atomic E-state index is 4.44. The van der Waals surface area contributed by atoms with Crippen LogP contribution in [-0.2, 0) is 5.41 Å². The predicted molar refractivity (Wildman–Crippen MR) is 80.2 cm³/mol. The number of hydrogen-bond donors (Lipinski definition) is 0. The summed E-state index contributed by atoms with van der Waals surface area (Å²) in [5.74, 6) is 1.01. The third-order valence-corrected chi connectivity index (χ3v) is 4.36. The van der Waals surface area contributed by atoms with Gasteiger partial charge in [0, 0.05) is 5.70 Å². The third kappa shape index (κ3) is 1.74. The molecule has 1 aliphatic heterocycles. The first-order valence-electron chi connectivity index (χ1n) is 6.34. The molecule has 0 aliphatic carbocycles. The topological polar surface area (TPSA) is 30.7 Å². The predicted octanol–water partition coefficient (Wildman–Crippen LogP) is 3.66. The van der Waals surface area contributed by atoms with Gasteiger partial charge >= 0.3 is 0 Å². The normalized spacial score (nSPS) is 16.3. The second-order valence-corrected chi connectivity index (χ2v) is 6.12. The summed E-state index contributed by atoms with van der Waals surface area (Å²) in [5.41, 5.74) is 3.59. The quantitative estimate of drug-likeness (QED) is 0.742. The lowest BCUT2D eigenvalue weighted by Gasteiger charge is -2.24. The molecule has 98 valence electrons. The molecule has 0 bridgehead atoms. The van der Waals surface area contributed by atoms with Crippen molar-refractivity contribution in [2.45, 2.75) is 31.3 Å². The van der Waals surface area contributed by atoms with Crippen LogP contribution in [0.1, 0.15) is 37.7 Å². The van der Waals surface area contributed by atoms with E-state index in [1.165, 1.54) is 16.8 Å². The Morgan fingerprint density at radius 1 is 1.16 bits per heavy atom. The highest BCUT2D eigenvalue weighted by atomic mass is 32.2. The van der Waals surface area contributed by atoms with Crippen LogP contribution in [0.2, 0.25) is 0 Å². The van der Waals surface area contributed by atoms with Crippen LogP contribution in [0.5, 0.6) is 0 Å². The molecule has 0 unspecified atom stereocenters. The van der Waals surface area contributed by atoms with Crippen LogP contribution in [0, 0.1) is 0 Å². The van der Waals surface area contributed by atoms with Gasteiger partial charge in [0.1, 0.15) is 5.82 Å². The van der Waals surface area contributed by atoms with Gasteiger partial charge in [0.25, 0.3) is 0 Å². The Morgan fingerprint density at radius 3 is 2.63 bits per heavy atom. The molecule has 0 fully saturated rings. The molecule has 1 aliphatic rings. The van der Waals surface area contributed by atoms with Gasteiger partial charge in [0.2, 0.25) is 0 Å². The molecule has 2 aromatic rings. The van der Waals surface area contributed by atoms with Crippen molar-refractivity contribution in [3.8, 4) is 0 Å². The zero-order valence-corrected chi connectivity index (χ0v) is 12.5. The van der Waals surface area contributed by atoms with Crippen molar-refractivity contribution in [3.63, 3.8) is 0 Å². The summed E-state index contributed by atoms with van der Waals surface area (Å²) in [6.45, 7) is 6.54. The number of thioether (sulfide) groups is 1. The zero-order chi connectivity index (χ0) is 13.6. The molecule has 1 aromatic heterocycles. The van der Waals surface area contributed by atoms with Crippen LogP contribution in [0.3, 0.4) is 0 Å². The largest absolute Gasteiger partial charge is 0.277 e. The summed E-state index contributed by atoms with van der Waals surface area (Å²) in [6.07, 6.45) is 4.26. The van der Waals surface area contributed by atoms with Crippen molar-refractivity contribution in [3.05, 3.63) is 41.2 Å². The molecule has 0 amide bonds. The fourth-order valence-electron chi connectivity index (χ4n) is 2.73. The zero-order valence-electron chi connectivity index (χ0n) is 11.6. The Balaban J connectivity index is 2.36. The molecule has 19 heavy (non-hydrogen) atoms. The lowest BCUT2D eigenvalue weighted by molar-refractivity contribution is 0.576. The minimum absolute atomic E-state index is 0.147. The standard InChI is InChI=1S/C15H17N3S/c1-10-9-11-7-5-6-8-12(11)15(2,3)13-16-17-14(19-4)18(10)13/h5-9H,1-4H3. The Hall–Kier alpha value is -1.55. The number of aromatic nitrogens is 3. The van der Waals surface area contributed by atoms with Crippen LogP contribution < -0.4 is 0 Å². The molecule has 1 aromatic carbocycles. The lowest BCUT2D eigenvalue weighted by atomic mass is 9.81. The Bertz CT molecular complexity index is 668. The van der Waals surface area contributed by atoms with Gasteiger partial charge in [-0.3, -0.25) is 4.57 Å². The third-order valence-electron chi connectivity index (χ3n) is 3.73. The number of allylic oxidation sites excluding steroid dienone is 1. The first-order valence-corrected chi connectivity index (χ1v) is 7.56. The van der Waals surface area contributed by atoms with Gasteiger partial charge in [-0.2, -0.15) is 0 Å². The Labute approximate surface area is 117 Å². The summed E-state index contributed by atoms with van der Waals surface area (Å²) in [7, 11) is 0. The van der Waals surface area contributed by atoms with E-state index in [0.29, 0.717) is 0 Å². The van der Waals surface area contributed by atoms with Crippen LogP contribution >= 0.6 is 11.8 Å². The smallest absolute Gasteiger partial charge is 0.195 e. The van der Waals surface area contributed by atoms with Crippen LogP contribution in [0.25, 0.3) is 11.8 Å². The number of fused-ring (bicyclic) bond motifs is 2.